The van der Waals surface area contributed by atoms with E-state index in [1.807, 2.05) is 0 Å². The van der Waals surface area contributed by atoms with Gasteiger partial charge in [0.25, 0.3) is 0 Å². The molecule has 0 fully saturated rings. The van der Waals surface area contributed by atoms with Gasteiger partial charge < -0.3 is 16.9 Å². The number of quaternary nitrogens is 1. The van der Waals surface area contributed by atoms with E-state index in [-0.39, 0.29) is 12.4 Å². The SMILES string of the molecule is CCC[N+](C)(C)Cc1ccccc1.[Cl-]. The highest BCUT2D eigenvalue weighted by atomic mass is 35.5. The van der Waals surface area contributed by atoms with Crippen LogP contribution < -0.4 is 12.4 Å². The highest BCUT2D eigenvalue weighted by Gasteiger charge is 2.13. The van der Waals surface area contributed by atoms with Gasteiger partial charge in [-0.05, 0) is 6.42 Å². The van der Waals surface area contributed by atoms with Crippen LogP contribution in [-0.4, -0.2) is 25.1 Å². The Hall–Kier alpha value is -0.530. The van der Waals surface area contributed by atoms with Crippen molar-refractivity contribution in [1.82, 2.24) is 0 Å². The Bertz CT molecular complexity index is 244. The molecule has 1 rings (SSSR count). The van der Waals surface area contributed by atoms with Crippen LogP contribution in [0.15, 0.2) is 30.3 Å². The molecule has 2 heteroatoms. The minimum atomic E-state index is 0. The van der Waals surface area contributed by atoms with Crippen molar-refractivity contribution in [2.24, 2.45) is 0 Å². The second-order valence-corrected chi connectivity index (χ2v) is 4.30. The first-order chi connectivity index (χ1) is 6.14. The molecule has 0 aliphatic rings. The normalized spacial score (nSPS) is 10.8. The molecule has 0 aromatic heterocycles. The van der Waals surface area contributed by atoms with Gasteiger partial charge in [0.05, 0.1) is 20.6 Å². The van der Waals surface area contributed by atoms with Gasteiger partial charge in [-0.2, -0.15) is 0 Å². The molecule has 0 saturated heterocycles. The van der Waals surface area contributed by atoms with Crippen LogP contribution in [0.5, 0.6) is 0 Å². The third-order valence-corrected chi connectivity index (χ3v) is 2.28. The van der Waals surface area contributed by atoms with E-state index in [4.69, 9.17) is 0 Å². The third-order valence-electron chi connectivity index (χ3n) is 2.28. The molecule has 0 spiro atoms. The van der Waals surface area contributed by atoms with Crippen molar-refractivity contribution in [1.29, 1.82) is 0 Å². The summed E-state index contributed by atoms with van der Waals surface area (Å²) in [4.78, 5) is 0. The van der Waals surface area contributed by atoms with Gasteiger partial charge in [0, 0.05) is 5.56 Å². The molecule has 14 heavy (non-hydrogen) atoms. The lowest BCUT2D eigenvalue weighted by atomic mass is 10.2. The van der Waals surface area contributed by atoms with Crippen LogP contribution in [0.4, 0.5) is 0 Å². The molecule has 0 bridgehead atoms. The van der Waals surface area contributed by atoms with Crippen molar-refractivity contribution in [2.45, 2.75) is 19.9 Å². The molecule has 1 aromatic carbocycles. The third kappa shape index (κ3) is 4.64. The van der Waals surface area contributed by atoms with E-state index in [0.29, 0.717) is 0 Å². The van der Waals surface area contributed by atoms with Crippen LogP contribution in [-0.2, 0) is 6.54 Å². The highest BCUT2D eigenvalue weighted by molar-refractivity contribution is 5.13. The first-order valence-corrected chi connectivity index (χ1v) is 5.00. The van der Waals surface area contributed by atoms with Gasteiger partial charge >= 0.3 is 0 Å². The van der Waals surface area contributed by atoms with E-state index >= 15 is 0 Å². The minimum absolute atomic E-state index is 0. The predicted octanol–water partition coefficient (Wildman–Crippen LogP) is -0.323. The van der Waals surface area contributed by atoms with Gasteiger partial charge in [-0.25, -0.2) is 0 Å². The van der Waals surface area contributed by atoms with Gasteiger partial charge in [0.15, 0.2) is 0 Å². The van der Waals surface area contributed by atoms with Crippen molar-refractivity contribution >= 4 is 0 Å². The van der Waals surface area contributed by atoms with Crippen LogP contribution in [0, 0.1) is 0 Å². The standard InChI is InChI=1S/C12H20N.ClH/c1-4-10-13(2,3)11-12-8-6-5-7-9-12;/h5-9H,4,10-11H2,1-3H3;1H/q+1;/p-1. The zero-order valence-corrected chi connectivity index (χ0v) is 10.1. The molecule has 0 N–H and O–H groups in total. The molecule has 0 amide bonds. The van der Waals surface area contributed by atoms with Gasteiger partial charge in [-0.3, -0.25) is 0 Å². The maximum Gasteiger partial charge on any atom is 0.104 e. The van der Waals surface area contributed by atoms with Crippen molar-refractivity contribution in [3.63, 3.8) is 0 Å². The second kappa shape index (κ2) is 6.05. The largest absolute Gasteiger partial charge is 1.00 e. The van der Waals surface area contributed by atoms with Crippen molar-refractivity contribution in [2.75, 3.05) is 20.6 Å². The Balaban J connectivity index is 0.00000169. The molecule has 1 nitrogen and oxygen atoms in total. The summed E-state index contributed by atoms with van der Waals surface area (Å²) in [5.41, 5.74) is 1.43. The lowest BCUT2D eigenvalue weighted by Crippen LogP contribution is -3.00. The van der Waals surface area contributed by atoms with Crippen molar-refractivity contribution < 1.29 is 16.9 Å². The van der Waals surface area contributed by atoms with E-state index in [1.54, 1.807) is 0 Å². The highest BCUT2D eigenvalue weighted by Crippen LogP contribution is 2.09. The second-order valence-electron chi connectivity index (χ2n) is 4.30. The molecule has 0 unspecified atom stereocenters. The van der Waals surface area contributed by atoms with Crippen LogP contribution in [0.2, 0.25) is 0 Å². The van der Waals surface area contributed by atoms with Crippen LogP contribution in [0.3, 0.4) is 0 Å². The van der Waals surface area contributed by atoms with Gasteiger partial charge in [0.1, 0.15) is 6.54 Å². The van der Waals surface area contributed by atoms with Crippen LogP contribution in [0.1, 0.15) is 18.9 Å². The zero-order valence-electron chi connectivity index (χ0n) is 9.33. The zero-order chi connectivity index (χ0) is 9.73. The maximum absolute atomic E-state index is 2.29. The van der Waals surface area contributed by atoms with E-state index < -0.39 is 0 Å². The Kier molecular flexibility index (Phi) is 5.82. The van der Waals surface area contributed by atoms with Gasteiger partial charge in [-0.1, -0.05) is 37.3 Å². The molecule has 0 radical (unpaired) electrons. The first kappa shape index (κ1) is 13.5. The number of halogens is 1. The number of benzene rings is 1. The fourth-order valence-electron chi connectivity index (χ4n) is 1.76. The Morgan fingerprint density at radius 1 is 1.07 bits per heavy atom. The minimum Gasteiger partial charge on any atom is -1.00 e. The van der Waals surface area contributed by atoms with Crippen molar-refractivity contribution in [3.8, 4) is 0 Å². The molecule has 0 saturated carbocycles. The summed E-state index contributed by atoms with van der Waals surface area (Å²) in [6.45, 7) is 4.62. The number of hydrogen-bond donors (Lipinski definition) is 0. The summed E-state index contributed by atoms with van der Waals surface area (Å²) in [5.74, 6) is 0. The summed E-state index contributed by atoms with van der Waals surface area (Å²) in [6.07, 6.45) is 1.25. The molecule has 1 aromatic rings. The maximum atomic E-state index is 2.29. The first-order valence-electron chi connectivity index (χ1n) is 5.00. The average molecular weight is 214 g/mol. The number of rotatable bonds is 4. The van der Waals surface area contributed by atoms with Crippen molar-refractivity contribution in [3.05, 3.63) is 35.9 Å². The van der Waals surface area contributed by atoms with Crippen LogP contribution >= 0.6 is 0 Å². The Morgan fingerprint density at radius 3 is 2.14 bits per heavy atom. The molecule has 80 valence electrons. The summed E-state index contributed by atoms with van der Waals surface area (Å²) >= 11 is 0. The van der Waals surface area contributed by atoms with Crippen LogP contribution in [0.25, 0.3) is 0 Å². The summed E-state index contributed by atoms with van der Waals surface area (Å²) in [6, 6.07) is 10.7. The molecular weight excluding hydrogens is 194 g/mol. The molecule has 0 aliphatic carbocycles. The smallest absolute Gasteiger partial charge is 0.104 e. The van der Waals surface area contributed by atoms with E-state index in [1.165, 1.54) is 18.5 Å². The van der Waals surface area contributed by atoms with E-state index in [9.17, 15) is 0 Å². The molecular formula is C12H20ClN. The molecule has 0 heterocycles. The monoisotopic (exact) mass is 213 g/mol. The molecule has 0 aliphatic heterocycles. The van der Waals surface area contributed by atoms with Gasteiger partial charge in [0.2, 0.25) is 0 Å². The topological polar surface area (TPSA) is 0 Å². The van der Waals surface area contributed by atoms with E-state index in [0.717, 1.165) is 11.0 Å². The Labute approximate surface area is 93.7 Å². The predicted molar refractivity (Wildman–Crippen MR) is 57.4 cm³/mol. The average Bonchev–Trinajstić information content (AvgIpc) is 2.04. The lowest BCUT2D eigenvalue weighted by molar-refractivity contribution is -0.903. The lowest BCUT2D eigenvalue weighted by Gasteiger charge is -2.29. The van der Waals surface area contributed by atoms with E-state index in [2.05, 4.69) is 51.4 Å². The quantitative estimate of drug-likeness (QED) is 0.602. The van der Waals surface area contributed by atoms with Gasteiger partial charge in [-0.15, -0.1) is 0 Å². The Morgan fingerprint density at radius 2 is 1.64 bits per heavy atom. The summed E-state index contributed by atoms with van der Waals surface area (Å²) in [5, 5.41) is 0. The molecule has 0 atom stereocenters. The summed E-state index contributed by atoms with van der Waals surface area (Å²) in [7, 11) is 4.58. The fourth-order valence-corrected chi connectivity index (χ4v) is 1.76. The number of nitrogens with zero attached hydrogens (tertiary/aromatic N) is 1. The fraction of sp³-hybridized carbons (Fsp3) is 0.500. The number of hydrogen-bond acceptors (Lipinski definition) is 0. The summed E-state index contributed by atoms with van der Waals surface area (Å²) < 4.78 is 1.08.